The molecule has 1 aliphatic carbocycles. The summed E-state index contributed by atoms with van der Waals surface area (Å²) in [6.07, 6.45) is 0.944. The van der Waals surface area contributed by atoms with E-state index in [0.717, 1.165) is 0 Å². The monoisotopic (exact) mass is 166 g/mol. The molecule has 0 aromatic heterocycles. The molecule has 2 amide bonds. The minimum absolute atomic E-state index is 0.0862. The van der Waals surface area contributed by atoms with Crippen LogP contribution in [-0.4, -0.2) is 16.8 Å². The van der Waals surface area contributed by atoms with Gasteiger partial charge in [-0.2, -0.15) is 0 Å². The molecule has 4 heteroatoms. The highest BCUT2D eigenvalue weighted by molar-refractivity contribution is 6.20. The molecule has 2 rings (SSSR count). The lowest BCUT2D eigenvalue weighted by molar-refractivity contribution is -0.137. The van der Waals surface area contributed by atoms with Gasteiger partial charge in [-0.15, -0.1) is 0 Å². The van der Waals surface area contributed by atoms with Crippen LogP contribution in [0, 0.1) is 0 Å². The zero-order chi connectivity index (χ0) is 10.5. The van der Waals surface area contributed by atoms with Gasteiger partial charge in [0.2, 0.25) is 0 Å². The molecule has 0 fully saturated rings. The Morgan fingerprint density at radius 3 is 3.00 bits per heavy atom. The Hall–Kier alpha value is -1.42. The van der Waals surface area contributed by atoms with Crippen LogP contribution in [0.3, 0.4) is 0 Å². The first-order chi connectivity index (χ1) is 6.42. The van der Waals surface area contributed by atoms with Gasteiger partial charge in [0.15, 0.2) is 0 Å². The van der Waals surface area contributed by atoms with Crippen molar-refractivity contribution in [1.29, 1.82) is 0 Å². The van der Waals surface area contributed by atoms with Gasteiger partial charge >= 0.3 is 0 Å². The molecule has 62 valence electrons. The van der Waals surface area contributed by atoms with Gasteiger partial charge in [0, 0.05) is 13.9 Å². The summed E-state index contributed by atoms with van der Waals surface area (Å²) in [4.78, 5) is 22.7. The van der Waals surface area contributed by atoms with Crippen molar-refractivity contribution in [1.82, 2.24) is 5.01 Å². The molecule has 4 nitrogen and oxygen atoms in total. The van der Waals surface area contributed by atoms with E-state index in [2.05, 4.69) is 0 Å². The molecule has 1 heterocycles. The van der Waals surface area contributed by atoms with Crippen LogP contribution in [0.25, 0.3) is 0 Å². The van der Waals surface area contributed by atoms with Crippen molar-refractivity contribution in [2.75, 3.05) is 0 Å². The van der Waals surface area contributed by atoms with Crippen LogP contribution in [-0.2, 0) is 9.59 Å². The summed E-state index contributed by atoms with van der Waals surface area (Å²) in [5.74, 6) is 4.05. The van der Waals surface area contributed by atoms with Gasteiger partial charge in [0.25, 0.3) is 11.8 Å². The van der Waals surface area contributed by atoms with Gasteiger partial charge in [0.1, 0.15) is 0 Å². The third-order valence-electron chi connectivity index (χ3n) is 1.90. The Balaban J connectivity index is 2.45. The summed E-state index contributed by atoms with van der Waals surface area (Å²) in [6.45, 7) is 0. The molecule has 0 aromatic carbocycles. The molecular formula is C8H8N2O2. The van der Waals surface area contributed by atoms with Gasteiger partial charge in [-0.1, -0.05) is 12.2 Å². The van der Waals surface area contributed by atoms with E-state index in [1.807, 2.05) is 0 Å². The second-order valence-electron chi connectivity index (χ2n) is 2.59. The van der Waals surface area contributed by atoms with Crippen LogP contribution >= 0.6 is 0 Å². The molecular weight excluding hydrogens is 156 g/mol. The van der Waals surface area contributed by atoms with Crippen LogP contribution in [0.15, 0.2) is 23.3 Å². The van der Waals surface area contributed by atoms with Crippen molar-refractivity contribution in [3.8, 4) is 0 Å². The highest BCUT2D eigenvalue weighted by atomic mass is 16.2. The lowest BCUT2D eigenvalue weighted by Crippen LogP contribution is -2.37. The zero-order valence-corrected chi connectivity index (χ0v) is 6.20. The minimum atomic E-state index is -1.57. The van der Waals surface area contributed by atoms with Crippen molar-refractivity contribution < 1.29 is 12.3 Å². The predicted octanol–water partition coefficient (Wildman–Crippen LogP) is -0.125. The van der Waals surface area contributed by atoms with Crippen LogP contribution < -0.4 is 5.84 Å². The zero-order valence-electron chi connectivity index (χ0n) is 8.20. The lowest BCUT2D eigenvalue weighted by atomic mass is 10.00. The number of carbonyl (C=O) groups is 2. The van der Waals surface area contributed by atoms with E-state index in [4.69, 9.17) is 8.58 Å². The van der Waals surface area contributed by atoms with E-state index in [-0.39, 0.29) is 17.6 Å². The molecule has 0 saturated carbocycles. The number of carbonyl (C=O) groups excluding carboxylic acids is 2. The quantitative estimate of drug-likeness (QED) is 0.310. The Labute approximate surface area is 72.1 Å². The van der Waals surface area contributed by atoms with E-state index < -0.39 is 18.2 Å². The number of rotatable bonds is 0. The lowest BCUT2D eigenvalue weighted by Gasteiger charge is -2.04. The average Bonchev–Trinajstić information content (AvgIpc) is 2.30. The van der Waals surface area contributed by atoms with Crippen LogP contribution in [0.1, 0.15) is 15.5 Å². The summed E-state index contributed by atoms with van der Waals surface area (Å²) >= 11 is 0. The van der Waals surface area contributed by atoms with Crippen molar-refractivity contribution >= 4 is 11.8 Å². The van der Waals surface area contributed by atoms with Gasteiger partial charge in [-0.3, -0.25) is 9.59 Å². The molecule has 0 spiro atoms. The van der Waals surface area contributed by atoms with Crippen molar-refractivity contribution in [2.45, 2.75) is 12.8 Å². The molecule has 1 aliphatic heterocycles. The summed E-state index contributed by atoms with van der Waals surface area (Å²) in [7, 11) is 0. The van der Waals surface area contributed by atoms with E-state index in [9.17, 15) is 9.59 Å². The Bertz CT molecular complexity index is 398. The van der Waals surface area contributed by atoms with E-state index >= 15 is 0 Å². The van der Waals surface area contributed by atoms with Gasteiger partial charge in [-0.05, 0) is 12.8 Å². The van der Waals surface area contributed by atoms with Crippen LogP contribution in [0.5, 0.6) is 0 Å². The number of nitrogens with zero attached hydrogens (tertiary/aromatic N) is 1. The number of hydrogen-bond donors (Lipinski definition) is 1. The Kier molecular flexibility index (Phi) is 1.00. The number of allylic oxidation sites excluding steroid dienone is 1. The number of amides is 2. The third kappa shape index (κ3) is 0.753. The third-order valence-corrected chi connectivity index (χ3v) is 1.90. The van der Waals surface area contributed by atoms with Crippen LogP contribution in [0.4, 0.5) is 0 Å². The molecule has 0 atom stereocenters. The number of hydrogen-bond acceptors (Lipinski definition) is 3. The van der Waals surface area contributed by atoms with Crippen molar-refractivity contribution in [3.05, 3.63) is 23.3 Å². The Morgan fingerprint density at radius 1 is 1.50 bits per heavy atom. The molecule has 2 N–H and O–H groups in total. The van der Waals surface area contributed by atoms with Gasteiger partial charge in [0.05, 0.1) is 0 Å². The van der Waals surface area contributed by atoms with E-state index in [0.29, 0.717) is 5.01 Å². The fourth-order valence-corrected chi connectivity index (χ4v) is 1.26. The smallest absolute Gasteiger partial charge is 0.267 e. The highest BCUT2D eigenvalue weighted by Crippen LogP contribution is 2.26. The fraction of sp³-hybridized carbons (Fsp3) is 0.250. The fourth-order valence-electron chi connectivity index (χ4n) is 1.26. The molecule has 0 saturated heterocycles. The average molecular weight is 166 g/mol. The minimum Gasteiger partial charge on any atom is -0.267 e. The summed E-state index contributed by atoms with van der Waals surface area (Å²) in [5, 5.41) is 0.524. The van der Waals surface area contributed by atoms with Crippen LogP contribution in [0.2, 0.25) is 0 Å². The second kappa shape index (κ2) is 2.28. The molecule has 0 radical (unpaired) electrons. The highest BCUT2D eigenvalue weighted by Gasteiger charge is 2.35. The SMILES string of the molecule is [2H]C1([2H])C=CC2=C(C1)C(=O)N(N)C2=O. The first-order valence-corrected chi connectivity index (χ1v) is 3.48. The van der Waals surface area contributed by atoms with E-state index in [1.165, 1.54) is 12.2 Å². The molecule has 0 bridgehead atoms. The second-order valence-corrected chi connectivity index (χ2v) is 2.59. The topological polar surface area (TPSA) is 63.4 Å². The normalized spacial score (nSPS) is 28.9. The standard InChI is InChI=1S/C8H8N2O2/c9-10-7(11)5-3-1-2-4-6(5)8(10)12/h1,3H,2,4,9H2/i2D2. The van der Waals surface area contributed by atoms with Gasteiger partial charge < -0.3 is 0 Å². The largest absolute Gasteiger partial charge is 0.275 e. The maximum Gasteiger partial charge on any atom is 0.275 e. The number of hydrazine groups is 1. The summed E-state index contributed by atoms with van der Waals surface area (Å²) < 4.78 is 14.8. The molecule has 12 heavy (non-hydrogen) atoms. The van der Waals surface area contributed by atoms with Gasteiger partial charge in [-0.25, -0.2) is 10.9 Å². The number of imide groups is 1. The van der Waals surface area contributed by atoms with Crippen molar-refractivity contribution in [3.63, 3.8) is 0 Å². The van der Waals surface area contributed by atoms with E-state index in [1.54, 1.807) is 0 Å². The molecule has 0 unspecified atom stereocenters. The first-order valence-electron chi connectivity index (χ1n) is 4.48. The predicted molar refractivity (Wildman–Crippen MR) is 41.4 cm³/mol. The maximum atomic E-state index is 11.4. The first kappa shape index (κ1) is 5.27. The summed E-state index contributed by atoms with van der Waals surface area (Å²) in [6, 6.07) is 0. The maximum absolute atomic E-state index is 11.4. The molecule has 2 aliphatic rings. The number of nitrogens with two attached hydrogens (primary N) is 1. The molecule has 0 aromatic rings. The Morgan fingerprint density at radius 2 is 2.25 bits per heavy atom. The summed E-state index contributed by atoms with van der Waals surface area (Å²) in [5.41, 5.74) is 0.387. The van der Waals surface area contributed by atoms with Crippen molar-refractivity contribution in [2.24, 2.45) is 5.84 Å².